The van der Waals surface area contributed by atoms with Crippen molar-refractivity contribution in [2.45, 2.75) is 51.0 Å². The number of amides is 1. The van der Waals surface area contributed by atoms with Crippen LogP contribution >= 0.6 is 0 Å². The van der Waals surface area contributed by atoms with Gasteiger partial charge in [-0.2, -0.15) is 0 Å². The van der Waals surface area contributed by atoms with Gasteiger partial charge in [0.2, 0.25) is 5.91 Å². The Morgan fingerprint density at radius 3 is 2.33 bits per heavy atom. The van der Waals surface area contributed by atoms with Gasteiger partial charge in [0, 0.05) is 5.92 Å². The number of fused-ring (bicyclic) bond motifs is 1. The Hall–Kier alpha value is -1.35. The summed E-state index contributed by atoms with van der Waals surface area (Å²) in [6.07, 6.45) is 5.64. The minimum Gasteiger partial charge on any atom is -0.394 e. The number of carbonyl (C=O) groups excluding carboxylic acids is 1. The van der Waals surface area contributed by atoms with Gasteiger partial charge in [-0.25, -0.2) is 0 Å². The lowest BCUT2D eigenvalue weighted by Gasteiger charge is -2.39. The summed E-state index contributed by atoms with van der Waals surface area (Å²) in [6.45, 7) is 2.31. The van der Waals surface area contributed by atoms with Gasteiger partial charge in [0.05, 0.1) is 12.1 Å². The number of hydrogen-bond acceptors (Lipinski definition) is 2. The van der Waals surface area contributed by atoms with E-state index in [2.05, 4.69) is 24.4 Å². The van der Waals surface area contributed by atoms with Crippen molar-refractivity contribution in [1.29, 1.82) is 0 Å². The summed E-state index contributed by atoms with van der Waals surface area (Å²) >= 11 is 0. The first-order valence-electron chi connectivity index (χ1n) is 8.11. The van der Waals surface area contributed by atoms with E-state index in [4.69, 9.17) is 0 Å². The second-order valence-electron chi connectivity index (χ2n) is 6.98. The molecule has 1 fully saturated rings. The van der Waals surface area contributed by atoms with Gasteiger partial charge in [-0.3, -0.25) is 4.79 Å². The molecule has 3 rings (SSSR count). The van der Waals surface area contributed by atoms with E-state index in [1.807, 2.05) is 12.1 Å². The lowest BCUT2D eigenvalue weighted by molar-refractivity contribution is -0.128. The number of aliphatic hydroxyl groups excluding tert-OH is 1. The van der Waals surface area contributed by atoms with Gasteiger partial charge in [-0.05, 0) is 55.6 Å². The van der Waals surface area contributed by atoms with Crippen molar-refractivity contribution >= 4 is 5.91 Å². The molecule has 0 saturated heterocycles. The van der Waals surface area contributed by atoms with Crippen molar-refractivity contribution in [3.8, 4) is 0 Å². The Morgan fingerprint density at radius 2 is 1.81 bits per heavy atom. The van der Waals surface area contributed by atoms with Crippen LogP contribution in [0.1, 0.15) is 43.7 Å². The van der Waals surface area contributed by atoms with Gasteiger partial charge >= 0.3 is 0 Å². The summed E-state index contributed by atoms with van der Waals surface area (Å²) in [4.78, 5) is 12.6. The molecule has 1 amide bonds. The predicted octanol–water partition coefficient (Wildman–Crippen LogP) is 2.46. The molecule has 21 heavy (non-hydrogen) atoms. The van der Waals surface area contributed by atoms with Crippen LogP contribution in [-0.4, -0.2) is 23.2 Å². The van der Waals surface area contributed by atoms with E-state index in [1.165, 1.54) is 11.1 Å². The third-order valence-electron chi connectivity index (χ3n) is 5.34. The summed E-state index contributed by atoms with van der Waals surface area (Å²) in [5.74, 6) is 0.859. The molecule has 0 heterocycles. The smallest absolute Gasteiger partial charge is 0.224 e. The number of hydrogen-bond donors (Lipinski definition) is 2. The molecule has 0 spiro atoms. The maximum atomic E-state index is 12.6. The lowest BCUT2D eigenvalue weighted by Crippen LogP contribution is -2.54. The molecule has 1 aromatic rings. The van der Waals surface area contributed by atoms with Crippen molar-refractivity contribution in [3.63, 3.8) is 0 Å². The van der Waals surface area contributed by atoms with E-state index in [9.17, 15) is 9.90 Å². The fourth-order valence-electron chi connectivity index (χ4n) is 3.75. The van der Waals surface area contributed by atoms with Crippen LogP contribution in [0.4, 0.5) is 0 Å². The fraction of sp³-hybridized carbons (Fsp3) is 0.611. The molecule has 1 aromatic carbocycles. The van der Waals surface area contributed by atoms with Crippen LogP contribution in [0.2, 0.25) is 0 Å². The lowest BCUT2D eigenvalue weighted by atomic mass is 9.77. The number of benzene rings is 1. The maximum absolute atomic E-state index is 12.6. The van der Waals surface area contributed by atoms with E-state index in [0.29, 0.717) is 5.92 Å². The third-order valence-corrected chi connectivity index (χ3v) is 5.34. The molecule has 0 bridgehead atoms. The molecule has 0 radical (unpaired) electrons. The van der Waals surface area contributed by atoms with Crippen LogP contribution in [0.5, 0.6) is 0 Å². The van der Waals surface area contributed by atoms with Gasteiger partial charge in [0.25, 0.3) is 0 Å². The highest BCUT2D eigenvalue weighted by atomic mass is 16.3. The van der Waals surface area contributed by atoms with Crippen LogP contribution in [0.25, 0.3) is 0 Å². The third kappa shape index (κ3) is 2.98. The largest absolute Gasteiger partial charge is 0.394 e. The Bertz CT molecular complexity index is 493. The summed E-state index contributed by atoms with van der Waals surface area (Å²) in [5.41, 5.74) is 2.22. The summed E-state index contributed by atoms with van der Waals surface area (Å²) < 4.78 is 0. The van der Waals surface area contributed by atoms with E-state index in [0.717, 1.165) is 38.5 Å². The normalized spacial score (nSPS) is 29.1. The predicted molar refractivity (Wildman–Crippen MR) is 82.9 cm³/mol. The summed E-state index contributed by atoms with van der Waals surface area (Å²) in [7, 11) is 0. The Labute approximate surface area is 126 Å². The molecule has 114 valence electrons. The van der Waals surface area contributed by atoms with Crippen molar-refractivity contribution in [2.75, 3.05) is 6.61 Å². The average molecular weight is 287 g/mol. The minimum atomic E-state index is -0.377. The molecule has 0 aromatic heterocycles. The summed E-state index contributed by atoms with van der Waals surface area (Å²) in [5, 5.41) is 13.0. The van der Waals surface area contributed by atoms with E-state index in [-0.39, 0.29) is 24.0 Å². The van der Waals surface area contributed by atoms with E-state index in [1.54, 1.807) is 0 Å². The molecule has 2 aliphatic rings. The van der Waals surface area contributed by atoms with Crippen LogP contribution in [0.3, 0.4) is 0 Å². The number of nitrogens with one attached hydrogen (secondary N) is 1. The topological polar surface area (TPSA) is 49.3 Å². The van der Waals surface area contributed by atoms with E-state index < -0.39 is 0 Å². The Balaban J connectivity index is 1.64. The first kappa shape index (κ1) is 14.6. The van der Waals surface area contributed by atoms with Gasteiger partial charge in [-0.15, -0.1) is 0 Å². The Kier molecular flexibility index (Phi) is 4.03. The first-order chi connectivity index (χ1) is 10.1. The van der Waals surface area contributed by atoms with Crippen molar-refractivity contribution in [3.05, 3.63) is 35.4 Å². The average Bonchev–Trinajstić information content (AvgIpc) is 2.94. The molecular weight excluding hydrogens is 262 g/mol. The highest BCUT2D eigenvalue weighted by Gasteiger charge is 2.37. The van der Waals surface area contributed by atoms with Crippen molar-refractivity contribution in [1.82, 2.24) is 5.32 Å². The molecule has 2 N–H and O–H groups in total. The maximum Gasteiger partial charge on any atom is 0.224 e. The number of carbonyl (C=O) groups is 1. The standard InChI is InChI=1S/C18H25NO2/c1-13-6-8-18(12-20,9-7-13)19-17(21)16-10-14-4-2-3-5-15(14)11-16/h2-5,13,16,20H,6-12H2,1H3,(H,19,21). The van der Waals surface area contributed by atoms with Crippen LogP contribution in [0.15, 0.2) is 24.3 Å². The van der Waals surface area contributed by atoms with E-state index >= 15 is 0 Å². The monoisotopic (exact) mass is 287 g/mol. The van der Waals surface area contributed by atoms with Gasteiger partial charge in [-0.1, -0.05) is 31.2 Å². The van der Waals surface area contributed by atoms with Crippen LogP contribution in [-0.2, 0) is 17.6 Å². The zero-order valence-electron chi connectivity index (χ0n) is 12.8. The van der Waals surface area contributed by atoms with Crippen LogP contribution < -0.4 is 5.32 Å². The molecule has 3 nitrogen and oxygen atoms in total. The highest BCUT2D eigenvalue weighted by molar-refractivity contribution is 5.81. The molecule has 0 atom stereocenters. The number of aliphatic hydroxyl groups is 1. The molecular formula is C18H25NO2. The quantitative estimate of drug-likeness (QED) is 0.897. The second-order valence-corrected chi connectivity index (χ2v) is 6.98. The van der Waals surface area contributed by atoms with Crippen molar-refractivity contribution < 1.29 is 9.90 Å². The Morgan fingerprint density at radius 1 is 1.24 bits per heavy atom. The zero-order chi connectivity index (χ0) is 14.9. The first-order valence-corrected chi connectivity index (χ1v) is 8.11. The highest BCUT2D eigenvalue weighted by Crippen LogP contribution is 2.33. The molecule has 2 aliphatic carbocycles. The van der Waals surface area contributed by atoms with Gasteiger partial charge in [0.1, 0.15) is 0 Å². The van der Waals surface area contributed by atoms with Gasteiger partial charge in [0.15, 0.2) is 0 Å². The fourth-order valence-corrected chi connectivity index (χ4v) is 3.75. The van der Waals surface area contributed by atoms with Crippen LogP contribution in [0, 0.1) is 11.8 Å². The molecule has 3 heteroatoms. The number of rotatable bonds is 3. The van der Waals surface area contributed by atoms with Crippen molar-refractivity contribution in [2.24, 2.45) is 11.8 Å². The zero-order valence-corrected chi connectivity index (χ0v) is 12.8. The molecule has 1 saturated carbocycles. The molecule has 0 aliphatic heterocycles. The summed E-state index contributed by atoms with van der Waals surface area (Å²) in [6, 6.07) is 8.31. The molecule has 0 unspecified atom stereocenters. The second kappa shape index (κ2) is 5.80. The SMILES string of the molecule is CC1CCC(CO)(NC(=O)C2Cc3ccccc3C2)CC1. The van der Waals surface area contributed by atoms with Gasteiger partial charge < -0.3 is 10.4 Å². The minimum absolute atomic E-state index is 0.0326.